The fourth-order valence-electron chi connectivity index (χ4n) is 0.541. The molecule has 0 unspecified atom stereocenters. The van der Waals surface area contributed by atoms with Crippen LogP contribution in [0.25, 0.3) is 0 Å². The molecule has 0 aliphatic heterocycles. The van der Waals surface area contributed by atoms with Crippen LogP contribution >= 0.6 is 11.6 Å². The second kappa shape index (κ2) is 9.63. The molecule has 0 aliphatic rings. The maximum atomic E-state index is 10.1. The van der Waals surface area contributed by atoms with Crippen LogP contribution in [0.3, 0.4) is 0 Å². The standard InChI is InChI=1S/C7H5ClO.CH2O3.K/c8-7-3-1-6(5-9)2-4-7;2-1(3)4;/h1-5H;(H2,2,3,4);/q;;+1/p-1. The van der Waals surface area contributed by atoms with E-state index in [9.17, 15) is 4.79 Å². The summed E-state index contributed by atoms with van der Waals surface area (Å²) < 4.78 is 0. The molecule has 0 bridgehead atoms. The summed E-state index contributed by atoms with van der Waals surface area (Å²) in [6.45, 7) is 0. The summed E-state index contributed by atoms with van der Waals surface area (Å²) in [5.41, 5.74) is 0.652. The van der Waals surface area contributed by atoms with Crippen LogP contribution in [0.2, 0.25) is 5.02 Å². The second-order valence-electron chi connectivity index (χ2n) is 1.94. The second-order valence-corrected chi connectivity index (χ2v) is 2.37. The summed E-state index contributed by atoms with van der Waals surface area (Å²) >= 11 is 5.55. The fourth-order valence-corrected chi connectivity index (χ4v) is 0.667. The van der Waals surface area contributed by atoms with E-state index in [0.29, 0.717) is 10.6 Å². The van der Waals surface area contributed by atoms with Crippen LogP contribution in [0.5, 0.6) is 0 Å². The maximum absolute atomic E-state index is 10.1. The number of halogens is 1. The SMILES string of the molecule is O=C([O-])O.O=Cc1ccc(Cl)cc1.[K+]. The smallest absolute Gasteiger partial charge is 0.565 e. The molecule has 0 atom stereocenters. The third-order valence-electron chi connectivity index (χ3n) is 1.01. The molecule has 14 heavy (non-hydrogen) atoms. The first-order valence-corrected chi connectivity index (χ1v) is 3.54. The Morgan fingerprint density at radius 3 is 2.00 bits per heavy atom. The Bertz CT molecular complexity index is 282. The largest absolute Gasteiger partial charge is 1.00 e. The zero-order valence-electron chi connectivity index (χ0n) is 7.44. The van der Waals surface area contributed by atoms with Gasteiger partial charge in [0, 0.05) is 10.6 Å². The summed E-state index contributed by atoms with van der Waals surface area (Å²) in [6, 6.07) is 6.72. The first kappa shape index (κ1) is 16.5. The van der Waals surface area contributed by atoms with Crippen molar-refractivity contribution in [3.05, 3.63) is 34.9 Å². The number of hydrogen-bond acceptors (Lipinski definition) is 3. The first-order chi connectivity index (χ1) is 6.06. The van der Waals surface area contributed by atoms with E-state index in [-0.39, 0.29) is 51.4 Å². The molecule has 0 fully saturated rings. The molecule has 0 aromatic heterocycles. The summed E-state index contributed by atoms with van der Waals surface area (Å²) in [5, 5.41) is 16.0. The van der Waals surface area contributed by atoms with Crippen molar-refractivity contribution in [3.63, 3.8) is 0 Å². The molecular formula is C8H6ClKO4. The van der Waals surface area contributed by atoms with Crippen molar-refractivity contribution in [3.8, 4) is 0 Å². The first-order valence-electron chi connectivity index (χ1n) is 3.17. The third-order valence-corrected chi connectivity index (χ3v) is 1.26. The van der Waals surface area contributed by atoms with Crippen LogP contribution in [0.1, 0.15) is 10.4 Å². The predicted octanol–water partition coefficient (Wildman–Crippen LogP) is -1.96. The van der Waals surface area contributed by atoms with Crippen molar-refractivity contribution in [1.29, 1.82) is 0 Å². The van der Waals surface area contributed by atoms with Crippen LogP contribution in [0.15, 0.2) is 24.3 Å². The number of carboxylic acid groups (broad SMARTS) is 2. The van der Waals surface area contributed by atoms with E-state index in [1.807, 2.05) is 0 Å². The molecule has 0 heterocycles. The van der Waals surface area contributed by atoms with Crippen molar-refractivity contribution in [2.45, 2.75) is 0 Å². The van der Waals surface area contributed by atoms with Gasteiger partial charge in [0.25, 0.3) is 0 Å². The normalized spacial score (nSPS) is 7.50. The molecule has 1 rings (SSSR count). The summed E-state index contributed by atoms with van der Waals surface area (Å²) in [4.78, 5) is 18.5. The number of carbonyl (C=O) groups is 2. The molecule has 0 saturated heterocycles. The zero-order chi connectivity index (χ0) is 10.3. The van der Waals surface area contributed by atoms with Gasteiger partial charge in [-0.2, -0.15) is 0 Å². The molecule has 0 radical (unpaired) electrons. The quantitative estimate of drug-likeness (QED) is 0.457. The molecule has 4 nitrogen and oxygen atoms in total. The maximum Gasteiger partial charge on any atom is 1.00 e. The minimum absolute atomic E-state index is 0. The Kier molecular flexibility index (Phi) is 11.4. The number of rotatable bonds is 1. The van der Waals surface area contributed by atoms with E-state index in [2.05, 4.69) is 0 Å². The predicted molar refractivity (Wildman–Crippen MR) is 44.9 cm³/mol. The minimum atomic E-state index is -2.08. The van der Waals surface area contributed by atoms with Crippen LogP contribution in [0, 0.1) is 0 Å². The number of hydrogen-bond donors (Lipinski definition) is 1. The van der Waals surface area contributed by atoms with Crippen molar-refractivity contribution < 1.29 is 71.2 Å². The Hall–Kier alpha value is 0.0864. The number of carbonyl (C=O) groups excluding carboxylic acids is 1. The molecule has 0 saturated carbocycles. The van der Waals surface area contributed by atoms with Crippen molar-refractivity contribution in [2.75, 3.05) is 0 Å². The Balaban J connectivity index is 0. The summed E-state index contributed by atoms with van der Waals surface area (Å²) in [5.74, 6) is 0. The van der Waals surface area contributed by atoms with Gasteiger partial charge in [-0.25, -0.2) is 0 Å². The fraction of sp³-hybridized carbons (Fsp3) is 0. The van der Waals surface area contributed by atoms with E-state index < -0.39 is 6.16 Å². The van der Waals surface area contributed by atoms with Gasteiger partial charge in [-0.05, 0) is 12.1 Å². The van der Waals surface area contributed by atoms with Gasteiger partial charge in [0.1, 0.15) is 6.29 Å². The van der Waals surface area contributed by atoms with Gasteiger partial charge in [-0.15, -0.1) is 0 Å². The zero-order valence-corrected chi connectivity index (χ0v) is 11.3. The van der Waals surface area contributed by atoms with Crippen LogP contribution in [0.4, 0.5) is 4.79 Å². The van der Waals surface area contributed by atoms with E-state index in [4.69, 9.17) is 26.6 Å². The third kappa shape index (κ3) is 10.2. The van der Waals surface area contributed by atoms with E-state index in [1.165, 1.54) is 0 Å². The molecule has 1 aromatic rings. The topological polar surface area (TPSA) is 77.4 Å². The molecular weight excluding hydrogens is 235 g/mol. The molecule has 70 valence electrons. The van der Waals surface area contributed by atoms with Gasteiger partial charge in [-0.1, -0.05) is 23.7 Å². The van der Waals surface area contributed by atoms with E-state index in [1.54, 1.807) is 24.3 Å². The van der Waals surface area contributed by atoms with Crippen molar-refractivity contribution in [2.24, 2.45) is 0 Å². The van der Waals surface area contributed by atoms with Crippen molar-refractivity contribution >= 4 is 24.0 Å². The van der Waals surface area contributed by atoms with Gasteiger partial charge in [0.05, 0.1) is 0 Å². The number of benzene rings is 1. The summed E-state index contributed by atoms with van der Waals surface area (Å²) in [7, 11) is 0. The van der Waals surface area contributed by atoms with Gasteiger partial charge >= 0.3 is 51.4 Å². The molecule has 6 heteroatoms. The number of aldehydes is 1. The van der Waals surface area contributed by atoms with Crippen molar-refractivity contribution in [1.82, 2.24) is 0 Å². The molecule has 1 N–H and O–H groups in total. The van der Waals surface area contributed by atoms with Gasteiger partial charge in [0.15, 0.2) is 0 Å². The molecule has 0 aliphatic carbocycles. The Morgan fingerprint density at radius 1 is 1.36 bits per heavy atom. The Labute approximate surface area is 128 Å². The van der Waals surface area contributed by atoms with Crippen LogP contribution in [-0.2, 0) is 0 Å². The summed E-state index contributed by atoms with van der Waals surface area (Å²) in [6.07, 6.45) is -1.30. The van der Waals surface area contributed by atoms with Gasteiger partial charge in [0.2, 0.25) is 6.16 Å². The minimum Gasteiger partial charge on any atom is -0.565 e. The van der Waals surface area contributed by atoms with Crippen LogP contribution in [-0.4, -0.2) is 17.5 Å². The van der Waals surface area contributed by atoms with Crippen LogP contribution < -0.4 is 56.5 Å². The molecule has 0 spiro atoms. The van der Waals surface area contributed by atoms with Gasteiger partial charge in [-0.3, -0.25) is 4.79 Å². The average Bonchev–Trinajstić information content (AvgIpc) is 2.05. The average molecular weight is 241 g/mol. The Morgan fingerprint density at radius 2 is 1.71 bits per heavy atom. The van der Waals surface area contributed by atoms with Gasteiger partial charge < -0.3 is 15.0 Å². The van der Waals surface area contributed by atoms with E-state index in [0.717, 1.165) is 6.29 Å². The molecule has 0 amide bonds. The van der Waals surface area contributed by atoms with E-state index >= 15 is 0 Å². The monoisotopic (exact) mass is 240 g/mol. The molecule has 1 aromatic carbocycles.